The molecule has 1 aromatic rings. The van der Waals surface area contributed by atoms with E-state index in [9.17, 15) is 9.59 Å². The van der Waals surface area contributed by atoms with Gasteiger partial charge in [0.25, 0.3) is 5.91 Å². The lowest BCUT2D eigenvalue weighted by Gasteiger charge is -2.18. The van der Waals surface area contributed by atoms with Crippen LogP contribution in [-0.4, -0.2) is 40.2 Å². The van der Waals surface area contributed by atoms with Crippen LogP contribution in [0.25, 0.3) is 0 Å². The Hall–Kier alpha value is -2.12. The number of nitrogens with zero attached hydrogens (tertiary/aromatic N) is 2. The molecule has 1 heterocycles. The molecule has 1 unspecified atom stereocenters. The molecule has 0 aliphatic rings. The number of carbonyl (C=O) groups excluding carboxylic acids is 2. The maximum atomic E-state index is 11.7. The van der Waals surface area contributed by atoms with Crippen LogP contribution in [0.4, 0.5) is 5.95 Å². The van der Waals surface area contributed by atoms with Gasteiger partial charge in [0.15, 0.2) is 0 Å². The summed E-state index contributed by atoms with van der Waals surface area (Å²) in [5, 5.41) is 8.37. The Morgan fingerprint density at radius 1 is 1.47 bits per heavy atom. The number of nitrogen functional groups attached to an aromatic ring is 1. The van der Waals surface area contributed by atoms with E-state index in [0.29, 0.717) is 0 Å². The van der Waals surface area contributed by atoms with Crippen molar-refractivity contribution in [2.75, 3.05) is 12.8 Å². The van der Waals surface area contributed by atoms with E-state index < -0.39 is 17.9 Å². The van der Waals surface area contributed by atoms with Crippen LogP contribution in [-0.2, 0) is 9.53 Å². The fraction of sp³-hybridized carbons (Fsp3) is 0.556. The van der Waals surface area contributed by atoms with Crippen LogP contribution in [0, 0.1) is 5.92 Å². The van der Waals surface area contributed by atoms with Crippen molar-refractivity contribution >= 4 is 17.8 Å². The number of hydrogen-bond acceptors (Lipinski definition) is 6. The van der Waals surface area contributed by atoms with Crippen molar-refractivity contribution in [3.05, 3.63) is 5.82 Å². The summed E-state index contributed by atoms with van der Waals surface area (Å²) in [6.07, 6.45) is 0. The molecule has 94 valence electrons. The first-order valence-electron chi connectivity index (χ1n) is 5.02. The van der Waals surface area contributed by atoms with Crippen LogP contribution in [0.3, 0.4) is 0 Å². The number of H-pyrrole nitrogens is 1. The zero-order valence-corrected chi connectivity index (χ0v) is 9.85. The van der Waals surface area contributed by atoms with Crippen molar-refractivity contribution in [2.45, 2.75) is 19.9 Å². The predicted molar refractivity (Wildman–Crippen MR) is 58.9 cm³/mol. The van der Waals surface area contributed by atoms with Crippen molar-refractivity contribution in [1.29, 1.82) is 0 Å². The molecule has 0 aliphatic carbocycles. The van der Waals surface area contributed by atoms with Gasteiger partial charge in [-0.3, -0.25) is 9.89 Å². The standard InChI is InChI=1S/C9H15N5O3/c1-4(2)5(8(16)17-3)11-7(15)6-12-9(10)14-13-6/h4-5H,1-3H3,(H,11,15)(H3,10,12,13,14). The molecule has 8 heteroatoms. The number of aromatic nitrogens is 3. The molecule has 0 radical (unpaired) electrons. The van der Waals surface area contributed by atoms with Gasteiger partial charge in [-0.2, -0.15) is 4.98 Å². The van der Waals surface area contributed by atoms with E-state index in [2.05, 4.69) is 25.2 Å². The van der Waals surface area contributed by atoms with Crippen LogP contribution in [0.15, 0.2) is 0 Å². The second kappa shape index (κ2) is 5.28. The number of nitrogens with two attached hydrogens (primary N) is 1. The molecule has 17 heavy (non-hydrogen) atoms. The normalized spacial score (nSPS) is 12.2. The first kappa shape index (κ1) is 12.9. The van der Waals surface area contributed by atoms with Crippen LogP contribution in [0.2, 0.25) is 0 Å². The highest BCUT2D eigenvalue weighted by Gasteiger charge is 2.26. The molecule has 1 atom stereocenters. The lowest BCUT2D eigenvalue weighted by atomic mass is 10.0. The molecular weight excluding hydrogens is 226 g/mol. The van der Waals surface area contributed by atoms with E-state index in [-0.39, 0.29) is 17.7 Å². The molecule has 0 spiro atoms. The Morgan fingerprint density at radius 3 is 2.53 bits per heavy atom. The number of carbonyl (C=O) groups is 2. The van der Waals surface area contributed by atoms with Gasteiger partial charge in [-0.25, -0.2) is 4.79 Å². The molecule has 0 bridgehead atoms. The molecule has 0 saturated carbocycles. The Labute approximate surface area is 97.9 Å². The third-order valence-corrected chi connectivity index (χ3v) is 2.13. The number of nitrogens with one attached hydrogen (secondary N) is 2. The van der Waals surface area contributed by atoms with Crippen molar-refractivity contribution in [3.63, 3.8) is 0 Å². The van der Waals surface area contributed by atoms with Crippen LogP contribution in [0.1, 0.15) is 24.5 Å². The average Bonchev–Trinajstić information content (AvgIpc) is 2.71. The minimum atomic E-state index is -0.737. The Morgan fingerprint density at radius 2 is 2.12 bits per heavy atom. The smallest absolute Gasteiger partial charge is 0.328 e. The fourth-order valence-electron chi connectivity index (χ4n) is 1.21. The number of aromatic amines is 1. The Balaban J connectivity index is 2.74. The molecule has 1 amide bonds. The maximum absolute atomic E-state index is 11.7. The topological polar surface area (TPSA) is 123 Å². The fourth-order valence-corrected chi connectivity index (χ4v) is 1.21. The zero-order chi connectivity index (χ0) is 13.0. The molecule has 0 saturated heterocycles. The van der Waals surface area contributed by atoms with Gasteiger partial charge in [0.1, 0.15) is 6.04 Å². The van der Waals surface area contributed by atoms with Crippen molar-refractivity contribution in [1.82, 2.24) is 20.5 Å². The van der Waals surface area contributed by atoms with Gasteiger partial charge in [-0.05, 0) is 5.92 Å². The number of rotatable bonds is 4. The summed E-state index contributed by atoms with van der Waals surface area (Å²) in [5.74, 6) is -1.25. The van der Waals surface area contributed by atoms with E-state index in [1.807, 2.05) is 0 Å². The van der Waals surface area contributed by atoms with E-state index >= 15 is 0 Å². The van der Waals surface area contributed by atoms with E-state index in [4.69, 9.17) is 5.73 Å². The number of hydrogen-bond donors (Lipinski definition) is 3. The number of methoxy groups -OCH3 is 1. The van der Waals surface area contributed by atoms with Gasteiger partial charge in [-0.15, -0.1) is 5.10 Å². The predicted octanol–water partition coefficient (Wildman–Crippen LogP) is -0.686. The number of anilines is 1. The summed E-state index contributed by atoms with van der Waals surface area (Å²) in [7, 11) is 1.26. The third kappa shape index (κ3) is 3.16. The second-order valence-electron chi connectivity index (χ2n) is 3.76. The molecule has 4 N–H and O–H groups in total. The molecular formula is C9H15N5O3. The van der Waals surface area contributed by atoms with Gasteiger partial charge in [0.05, 0.1) is 7.11 Å². The average molecular weight is 241 g/mol. The first-order valence-corrected chi connectivity index (χ1v) is 5.02. The van der Waals surface area contributed by atoms with Gasteiger partial charge in [0, 0.05) is 0 Å². The Bertz CT molecular complexity index is 415. The van der Waals surface area contributed by atoms with Crippen LogP contribution < -0.4 is 11.1 Å². The van der Waals surface area contributed by atoms with E-state index in [0.717, 1.165) is 0 Å². The summed E-state index contributed by atoms with van der Waals surface area (Å²) in [6, 6.07) is -0.737. The summed E-state index contributed by atoms with van der Waals surface area (Å²) in [6.45, 7) is 3.58. The first-order chi connectivity index (χ1) is 7.95. The highest BCUT2D eigenvalue weighted by molar-refractivity contribution is 5.93. The summed E-state index contributed by atoms with van der Waals surface area (Å²) in [4.78, 5) is 26.8. The molecule has 1 aromatic heterocycles. The molecule has 0 aliphatic heterocycles. The van der Waals surface area contributed by atoms with E-state index in [1.54, 1.807) is 13.8 Å². The number of esters is 1. The highest BCUT2D eigenvalue weighted by atomic mass is 16.5. The zero-order valence-electron chi connectivity index (χ0n) is 9.85. The highest BCUT2D eigenvalue weighted by Crippen LogP contribution is 2.04. The largest absolute Gasteiger partial charge is 0.467 e. The Kier molecular flexibility index (Phi) is 4.02. The summed E-state index contributed by atoms with van der Waals surface area (Å²) in [5.41, 5.74) is 5.27. The quantitative estimate of drug-likeness (QED) is 0.600. The van der Waals surface area contributed by atoms with Gasteiger partial charge in [-0.1, -0.05) is 13.8 Å². The SMILES string of the molecule is COC(=O)C(NC(=O)c1nc(N)n[nH]1)C(C)C. The maximum Gasteiger partial charge on any atom is 0.328 e. The lowest BCUT2D eigenvalue weighted by molar-refractivity contribution is -0.144. The van der Waals surface area contributed by atoms with Crippen molar-refractivity contribution < 1.29 is 14.3 Å². The minimum Gasteiger partial charge on any atom is -0.467 e. The summed E-state index contributed by atoms with van der Waals surface area (Å²) < 4.78 is 4.59. The van der Waals surface area contributed by atoms with Crippen LogP contribution in [0.5, 0.6) is 0 Å². The summed E-state index contributed by atoms with van der Waals surface area (Å²) >= 11 is 0. The molecule has 0 fully saturated rings. The van der Waals surface area contributed by atoms with Crippen LogP contribution >= 0.6 is 0 Å². The minimum absolute atomic E-state index is 0.0330. The van der Waals surface area contributed by atoms with Crippen molar-refractivity contribution in [3.8, 4) is 0 Å². The molecule has 8 nitrogen and oxygen atoms in total. The number of ether oxygens (including phenoxy) is 1. The third-order valence-electron chi connectivity index (χ3n) is 2.13. The second-order valence-corrected chi connectivity index (χ2v) is 3.76. The van der Waals surface area contributed by atoms with Crippen molar-refractivity contribution in [2.24, 2.45) is 5.92 Å². The molecule has 1 rings (SSSR count). The van der Waals surface area contributed by atoms with E-state index in [1.165, 1.54) is 7.11 Å². The molecule has 0 aromatic carbocycles. The lowest BCUT2D eigenvalue weighted by Crippen LogP contribution is -2.45. The monoisotopic (exact) mass is 241 g/mol. The number of amides is 1. The van der Waals surface area contributed by atoms with Gasteiger partial charge >= 0.3 is 5.97 Å². The van der Waals surface area contributed by atoms with Gasteiger partial charge in [0.2, 0.25) is 11.8 Å². The van der Waals surface area contributed by atoms with Gasteiger partial charge < -0.3 is 15.8 Å².